The number of carbonyl (C=O) groups is 1. The Bertz CT molecular complexity index is 770. The van der Waals surface area contributed by atoms with Crippen LogP contribution < -0.4 is 10.2 Å². The van der Waals surface area contributed by atoms with Gasteiger partial charge in [0.1, 0.15) is 11.6 Å². The zero-order valence-electron chi connectivity index (χ0n) is 14.2. The molecule has 2 aromatic rings. The standard InChI is InChI=1S/C19H20BrF2N3O/c20-14-2-7-18(17(22)12-14)23-19(26)13-24-8-1-9-25(11-10-24)16-5-3-15(21)4-6-16/h2-7,12H,1,8-11,13H2,(H,23,26). The second kappa shape index (κ2) is 8.60. The van der Waals surface area contributed by atoms with E-state index in [1.165, 1.54) is 24.3 Å². The molecular formula is C19H20BrF2N3O. The van der Waals surface area contributed by atoms with E-state index in [1.54, 1.807) is 18.2 Å². The fourth-order valence-corrected chi connectivity index (χ4v) is 3.36. The van der Waals surface area contributed by atoms with Crippen LogP contribution in [0.25, 0.3) is 0 Å². The van der Waals surface area contributed by atoms with E-state index in [2.05, 4.69) is 31.0 Å². The molecule has 1 heterocycles. The first-order valence-electron chi connectivity index (χ1n) is 8.49. The lowest BCUT2D eigenvalue weighted by molar-refractivity contribution is -0.117. The second-order valence-corrected chi connectivity index (χ2v) is 7.18. The van der Waals surface area contributed by atoms with Crippen molar-refractivity contribution in [3.8, 4) is 0 Å². The van der Waals surface area contributed by atoms with Crippen molar-refractivity contribution < 1.29 is 13.6 Å². The monoisotopic (exact) mass is 423 g/mol. The summed E-state index contributed by atoms with van der Waals surface area (Å²) in [5.74, 6) is -0.949. The van der Waals surface area contributed by atoms with Gasteiger partial charge in [0.15, 0.2) is 0 Å². The van der Waals surface area contributed by atoms with Crippen LogP contribution in [0.2, 0.25) is 0 Å². The Morgan fingerprint density at radius 2 is 1.81 bits per heavy atom. The Hall–Kier alpha value is -1.99. The molecule has 0 saturated carbocycles. The molecule has 1 aliphatic heterocycles. The summed E-state index contributed by atoms with van der Waals surface area (Å²) < 4.78 is 27.5. The molecule has 7 heteroatoms. The zero-order valence-corrected chi connectivity index (χ0v) is 15.8. The van der Waals surface area contributed by atoms with Gasteiger partial charge in [-0.2, -0.15) is 0 Å². The SMILES string of the molecule is O=C(CN1CCCN(c2ccc(F)cc2)CC1)Nc1ccc(Br)cc1F. The average molecular weight is 424 g/mol. The quantitative estimate of drug-likeness (QED) is 0.810. The zero-order chi connectivity index (χ0) is 18.5. The largest absolute Gasteiger partial charge is 0.370 e. The van der Waals surface area contributed by atoms with Gasteiger partial charge in [0.05, 0.1) is 12.2 Å². The number of halogens is 3. The third-order valence-electron chi connectivity index (χ3n) is 4.35. The van der Waals surface area contributed by atoms with Crippen molar-refractivity contribution in [2.24, 2.45) is 0 Å². The van der Waals surface area contributed by atoms with E-state index in [1.807, 2.05) is 0 Å². The molecule has 0 unspecified atom stereocenters. The van der Waals surface area contributed by atoms with Crippen molar-refractivity contribution >= 4 is 33.2 Å². The predicted octanol–water partition coefficient (Wildman–Crippen LogP) is 3.88. The van der Waals surface area contributed by atoms with E-state index >= 15 is 0 Å². The molecule has 0 aliphatic carbocycles. The smallest absolute Gasteiger partial charge is 0.238 e. The summed E-state index contributed by atoms with van der Waals surface area (Å²) in [6.45, 7) is 3.32. The van der Waals surface area contributed by atoms with Crippen LogP contribution in [0.5, 0.6) is 0 Å². The maximum Gasteiger partial charge on any atom is 0.238 e. The molecule has 2 aromatic carbocycles. The normalized spacial score (nSPS) is 15.6. The van der Waals surface area contributed by atoms with Gasteiger partial charge in [0.25, 0.3) is 0 Å². The number of rotatable bonds is 4. The number of nitrogens with zero attached hydrogens (tertiary/aromatic N) is 2. The van der Waals surface area contributed by atoms with Crippen LogP contribution in [0.1, 0.15) is 6.42 Å². The van der Waals surface area contributed by atoms with Crippen molar-refractivity contribution in [1.82, 2.24) is 4.90 Å². The van der Waals surface area contributed by atoms with Crippen LogP contribution in [0.15, 0.2) is 46.9 Å². The van der Waals surface area contributed by atoms with E-state index in [0.29, 0.717) is 11.0 Å². The van der Waals surface area contributed by atoms with Crippen molar-refractivity contribution in [3.63, 3.8) is 0 Å². The molecule has 26 heavy (non-hydrogen) atoms. The van der Waals surface area contributed by atoms with Crippen molar-refractivity contribution in [3.05, 3.63) is 58.6 Å². The molecular weight excluding hydrogens is 404 g/mol. The minimum absolute atomic E-state index is 0.181. The molecule has 0 radical (unpaired) electrons. The van der Waals surface area contributed by atoms with Crippen LogP contribution in [0, 0.1) is 11.6 Å². The summed E-state index contributed by atoms with van der Waals surface area (Å²) in [4.78, 5) is 16.5. The first kappa shape index (κ1) is 18.8. The molecule has 3 rings (SSSR count). The Kier molecular flexibility index (Phi) is 6.21. The van der Waals surface area contributed by atoms with Gasteiger partial charge in [-0.25, -0.2) is 8.78 Å². The van der Waals surface area contributed by atoms with Gasteiger partial charge in [-0.3, -0.25) is 9.69 Å². The fraction of sp³-hybridized carbons (Fsp3) is 0.316. The molecule has 4 nitrogen and oxygen atoms in total. The first-order valence-corrected chi connectivity index (χ1v) is 9.28. The number of hydrogen-bond donors (Lipinski definition) is 1. The molecule has 0 spiro atoms. The summed E-state index contributed by atoms with van der Waals surface area (Å²) in [6, 6.07) is 11.0. The van der Waals surface area contributed by atoms with Crippen LogP contribution in [-0.4, -0.2) is 43.5 Å². The van der Waals surface area contributed by atoms with E-state index < -0.39 is 5.82 Å². The third kappa shape index (κ3) is 5.02. The van der Waals surface area contributed by atoms with E-state index in [9.17, 15) is 13.6 Å². The predicted molar refractivity (Wildman–Crippen MR) is 102 cm³/mol. The topological polar surface area (TPSA) is 35.6 Å². The summed E-state index contributed by atoms with van der Waals surface area (Å²) in [5, 5.41) is 2.62. The van der Waals surface area contributed by atoms with Gasteiger partial charge in [0, 0.05) is 36.3 Å². The molecule has 1 aliphatic rings. The second-order valence-electron chi connectivity index (χ2n) is 6.27. The Labute approximate surface area is 159 Å². The van der Waals surface area contributed by atoms with Crippen molar-refractivity contribution in [1.29, 1.82) is 0 Å². The lowest BCUT2D eigenvalue weighted by Gasteiger charge is -2.23. The molecule has 0 aromatic heterocycles. The molecule has 138 valence electrons. The molecule has 1 N–H and O–H groups in total. The average Bonchev–Trinajstić information content (AvgIpc) is 2.84. The van der Waals surface area contributed by atoms with Gasteiger partial charge in [-0.15, -0.1) is 0 Å². The summed E-state index contributed by atoms with van der Waals surface area (Å²) in [6.07, 6.45) is 0.900. The number of amides is 1. The number of anilines is 2. The third-order valence-corrected chi connectivity index (χ3v) is 4.85. The van der Waals surface area contributed by atoms with E-state index in [-0.39, 0.29) is 24.0 Å². The molecule has 1 fully saturated rings. The highest BCUT2D eigenvalue weighted by Gasteiger charge is 2.18. The minimum atomic E-state index is -0.467. The highest BCUT2D eigenvalue weighted by molar-refractivity contribution is 9.10. The molecule has 1 amide bonds. The van der Waals surface area contributed by atoms with Crippen molar-refractivity contribution in [2.45, 2.75) is 6.42 Å². The number of carbonyl (C=O) groups excluding carboxylic acids is 1. The molecule has 0 atom stereocenters. The maximum absolute atomic E-state index is 13.8. The van der Waals surface area contributed by atoms with Gasteiger partial charge in [-0.1, -0.05) is 15.9 Å². The lowest BCUT2D eigenvalue weighted by Crippen LogP contribution is -2.36. The maximum atomic E-state index is 13.8. The summed E-state index contributed by atoms with van der Waals surface area (Å²) >= 11 is 3.19. The Balaban J connectivity index is 1.54. The first-order chi connectivity index (χ1) is 12.5. The van der Waals surface area contributed by atoms with Gasteiger partial charge in [0.2, 0.25) is 5.91 Å². The number of hydrogen-bond acceptors (Lipinski definition) is 3. The van der Waals surface area contributed by atoms with Crippen LogP contribution >= 0.6 is 15.9 Å². The minimum Gasteiger partial charge on any atom is -0.370 e. The number of benzene rings is 2. The Morgan fingerprint density at radius 1 is 1.04 bits per heavy atom. The van der Waals surface area contributed by atoms with Gasteiger partial charge < -0.3 is 10.2 Å². The van der Waals surface area contributed by atoms with E-state index in [4.69, 9.17) is 0 Å². The van der Waals surface area contributed by atoms with Crippen molar-refractivity contribution in [2.75, 3.05) is 42.9 Å². The van der Waals surface area contributed by atoms with Gasteiger partial charge >= 0.3 is 0 Å². The van der Waals surface area contributed by atoms with E-state index in [0.717, 1.165) is 31.7 Å². The number of nitrogens with one attached hydrogen (secondary N) is 1. The summed E-state index contributed by atoms with van der Waals surface area (Å²) in [7, 11) is 0. The van der Waals surface area contributed by atoms with Crippen LogP contribution in [0.4, 0.5) is 20.2 Å². The van der Waals surface area contributed by atoms with Crippen LogP contribution in [-0.2, 0) is 4.79 Å². The summed E-state index contributed by atoms with van der Waals surface area (Å²) in [5.41, 5.74) is 1.16. The fourth-order valence-electron chi connectivity index (χ4n) is 3.02. The Morgan fingerprint density at radius 3 is 2.54 bits per heavy atom. The highest BCUT2D eigenvalue weighted by Crippen LogP contribution is 2.20. The van der Waals surface area contributed by atoms with Crippen LogP contribution in [0.3, 0.4) is 0 Å². The molecule has 1 saturated heterocycles. The lowest BCUT2D eigenvalue weighted by atomic mass is 10.2. The molecule has 0 bridgehead atoms. The van der Waals surface area contributed by atoms with Gasteiger partial charge in [-0.05, 0) is 48.9 Å². The highest BCUT2D eigenvalue weighted by atomic mass is 79.9.